The zero-order chi connectivity index (χ0) is 19.6. The molecule has 6 rings (SSSR count). The second kappa shape index (κ2) is 6.66. The number of hydrogen-bond donors (Lipinski definition) is 2. The van der Waals surface area contributed by atoms with Crippen molar-refractivity contribution in [3.63, 3.8) is 0 Å². The van der Waals surface area contributed by atoms with Gasteiger partial charge in [-0.2, -0.15) is 9.78 Å². The molecular weight excluding hydrogens is 356 g/mol. The standard InChI is InChI=1S/C22H36N2O4/c1-20(2,23)13-24-19(25)12-14-3-5-21(6-4-14)26-22(28-27-21)17-8-15-7-16(10-17)11-18(22)9-15/h14-18H,3-13,23H2,1-2H3,(H,24,25)/t14-,15?,16?,17?,18?,21+,22-. The molecule has 6 nitrogen and oxygen atoms in total. The number of nitrogens with two attached hydrogens (primary N) is 1. The van der Waals surface area contributed by atoms with Crippen LogP contribution in [-0.2, 0) is 19.3 Å². The van der Waals surface area contributed by atoms with Crippen LogP contribution in [-0.4, -0.2) is 29.6 Å². The molecular formula is C22H36N2O4. The van der Waals surface area contributed by atoms with Gasteiger partial charge in [-0.15, -0.1) is 0 Å². The number of rotatable bonds is 4. The van der Waals surface area contributed by atoms with Crippen LogP contribution in [0.5, 0.6) is 0 Å². The maximum absolute atomic E-state index is 12.2. The van der Waals surface area contributed by atoms with E-state index in [-0.39, 0.29) is 11.4 Å². The minimum Gasteiger partial charge on any atom is -0.354 e. The van der Waals surface area contributed by atoms with Crippen LogP contribution in [0, 0.1) is 29.6 Å². The second-order valence-corrected chi connectivity index (χ2v) is 11.1. The summed E-state index contributed by atoms with van der Waals surface area (Å²) < 4.78 is 6.74. The van der Waals surface area contributed by atoms with E-state index in [2.05, 4.69) is 5.32 Å². The van der Waals surface area contributed by atoms with E-state index in [0.717, 1.165) is 37.5 Å². The Morgan fingerprint density at radius 2 is 1.64 bits per heavy atom. The number of amides is 1. The fraction of sp³-hybridized carbons (Fsp3) is 0.955. The van der Waals surface area contributed by atoms with Crippen molar-refractivity contribution in [2.45, 2.75) is 95.2 Å². The van der Waals surface area contributed by atoms with Gasteiger partial charge >= 0.3 is 0 Å². The molecule has 0 aromatic heterocycles. The lowest BCUT2D eigenvalue weighted by atomic mass is 9.53. The fourth-order valence-electron chi connectivity index (χ4n) is 6.78. The van der Waals surface area contributed by atoms with Crippen LogP contribution in [0.3, 0.4) is 0 Å². The molecule has 28 heavy (non-hydrogen) atoms. The summed E-state index contributed by atoms with van der Waals surface area (Å²) >= 11 is 0. The highest BCUT2D eigenvalue weighted by atomic mass is 17.3. The average Bonchev–Trinajstić information content (AvgIpc) is 3.00. The van der Waals surface area contributed by atoms with Crippen molar-refractivity contribution in [2.75, 3.05) is 6.54 Å². The van der Waals surface area contributed by atoms with Crippen molar-refractivity contribution in [3.05, 3.63) is 0 Å². The molecule has 4 bridgehead atoms. The van der Waals surface area contributed by atoms with Crippen molar-refractivity contribution in [2.24, 2.45) is 35.3 Å². The second-order valence-electron chi connectivity index (χ2n) is 11.1. The number of carbonyl (C=O) groups excluding carboxylic acids is 1. The number of ether oxygens (including phenoxy) is 1. The molecule has 5 saturated carbocycles. The van der Waals surface area contributed by atoms with Gasteiger partial charge in [0.2, 0.25) is 17.5 Å². The minimum absolute atomic E-state index is 0.0986. The van der Waals surface area contributed by atoms with Gasteiger partial charge in [0.05, 0.1) is 0 Å². The third kappa shape index (κ3) is 3.40. The molecule has 0 aromatic carbocycles. The lowest BCUT2D eigenvalue weighted by molar-refractivity contribution is -0.390. The SMILES string of the molecule is CC(C)(N)CNC(=O)C[C@H]1CC[C@]2(CC1)OO[C@]1(O2)C2CC3CC(C2)CC1C3. The van der Waals surface area contributed by atoms with E-state index < -0.39 is 11.6 Å². The molecule has 1 amide bonds. The van der Waals surface area contributed by atoms with Crippen LogP contribution in [0.25, 0.3) is 0 Å². The molecule has 1 heterocycles. The highest BCUT2D eigenvalue weighted by Crippen LogP contribution is 2.63. The molecule has 3 N–H and O–H groups in total. The third-order valence-electron chi connectivity index (χ3n) is 8.03. The van der Waals surface area contributed by atoms with Crippen LogP contribution in [0.4, 0.5) is 0 Å². The van der Waals surface area contributed by atoms with Gasteiger partial charge in [0.15, 0.2) is 0 Å². The zero-order valence-electron chi connectivity index (χ0n) is 17.4. The molecule has 2 spiro atoms. The maximum Gasteiger partial charge on any atom is 0.220 e. The molecule has 0 radical (unpaired) electrons. The molecule has 6 aliphatic rings. The summed E-state index contributed by atoms with van der Waals surface area (Å²) in [5.41, 5.74) is 5.58. The predicted molar refractivity (Wildman–Crippen MR) is 104 cm³/mol. The van der Waals surface area contributed by atoms with Crippen LogP contribution >= 0.6 is 0 Å². The summed E-state index contributed by atoms with van der Waals surface area (Å²) in [4.78, 5) is 24.3. The van der Waals surface area contributed by atoms with Gasteiger partial charge in [-0.05, 0) is 76.5 Å². The number of hydrogen-bond acceptors (Lipinski definition) is 5. The van der Waals surface area contributed by atoms with E-state index in [1.165, 1.54) is 32.1 Å². The molecule has 1 saturated heterocycles. The third-order valence-corrected chi connectivity index (χ3v) is 8.03. The highest BCUT2D eigenvalue weighted by molar-refractivity contribution is 5.76. The Morgan fingerprint density at radius 3 is 2.21 bits per heavy atom. The van der Waals surface area contributed by atoms with E-state index in [0.29, 0.717) is 30.7 Å². The van der Waals surface area contributed by atoms with Crippen molar-refractivity contribution in [1.29, 1.82) is 0 Å². The van der Waals surface area contributed by atoms with Crippen molar-refractivity contribution >= 4 is 5.91 Å². The topological polar surface area (TPSA) is 82.8 Å². The van der Waals surface area contributed by atoms with Gasteiger partial charge in [-0.1, -0.05) is 0 Å². The summed E-state index contributed by atoms with van der Waals surface area (Å²) in [6.45, 7) is 4.36. The van der Waals surface area contributed by atoms with Crippen LogP contribution in [0.15, 0.2) is 0 Å². The Labute approximate surface area is 168 Å². The zero-order valence-corrected chi connectivity index (χ0v) is 17.4. The van der Waals surface area contributed by atoms with Crippen LogP contribution in [0.2, 0.25) is 0 Å². The summed E-state index contributed by atoms with van der Waals surface area (Å²) in [5, 5.41) is 2.96. The van der Waals surface area contributed by atoms with E-state index in [1.807, 2.05) is 13.8 Å². The summed E-state index contributed by atoms with van der Waals surface area (Å²) in [7, 11) is 0. The number of nitrogens with one attached hydrogen (secondary N) is 1. The van der Waals surface area contributed by atoms with Crippen molar-refractivity contribution < 1.29 is 19.3 Å². The first-order valence-corrected chi connectivity index (χ1v) is 11.4. The van der Waals surface area contributed by atoms with Crippen LogP contribution < -0.4 is 11.1 Å². The molecule has 0 atom stereocenters. The van der Waals surface area contributed by atoms with E-state index in [9.17, 15) is 4.79 Å². The first-order valence-electron chi connectivity index (χ1n) is 11.4. The van der Waals surface area contributed by atoms with Gasteiger partial charge in [-0.3, -0.25) is 4.79 Å². The maximum atomic E-state index is 12.2. The smallest absolute Gasteiger partial charge is 0.220 e. The highest BCUT2D eigenvalue weighted by Gasteiger charge is 2.66. The van der Waals surface area contributed by atoms with E-state index in [1.54, 1.807) is 0 Å². The molecule has 6 heteroatoms. The Hall–Kier alpha value is -0.690. The first-order chi connectivity index (χ1) is 13.3. The van der Waals surface area contributed by atoms with Crippen molar-refractivity contribution in [3.8, 4) is 0 Å². The summed E-state index contributed by atoms with van der Waals surface area (Å²) in [6, 6.07) is 0. The normalized spacial score (nSPS) is 47.2. The van der Waals surface area contributed by atoms with Gasteiger partial charge in [-0.25, -0.2) is 0 Å². The van der Waals surface area contributed by atoms with Crippen molar-refractivity contribution in [1.82, 2.24) is 5.32 Å². The largest absolute Gasteiger partial charge is 0.354 e. The summed E-state index contributed by atoms with van der Waals surface area (Å²) in [5.74, 6) is 2.19. The quantitative estimate of drug-likeness (QED) is 0.718. The predicted octanol–water partition coefficient (Wildman–Crippen LogP) is 3.25. The Balaban J connectivity index is 1.16. The molecule has 5 aliphatic carbocycles. The molecule has 1 aliphatic heterocycles. The number of carbonyl (C=O) groups is 1. The fourth-order valence-corrected chi connectivity index (χ4v) is 6.78. The summed E-state index contributed by atoms with van der Waals surface area (Å²) in [6.07, 6.45) is 10.5. The minimum atomic E-state index is -0.582. The monoisotopic (exact) mass is 392 g/mol. The van der Waals surface area contributed by atoms with Gasteiger partial charge in [0, 0.05) is 43.2 Å². The first kappa shape index (κ1) is 19.3. The van der Waals surface area contributed by atoms with Crippen LogP contribution in [0.1, 0.15) is 78.1 Å². The van der Waals surface area contributed by atoms with E-state index >= 15 is 0 Å². The molecule has 158 valence electrons. The molecule has 0 aromatic rings. The van der Waals surface area contributed by atoms with Gasteiger partial charge in [0.25, 0.3) is 0 Å². The Kier molecular flexibility index (Phi) is 4.59. The average molecular weight is 393 g/mol. The van der Waals surface area contributed by atoms with Gasteiger partial charge < -0.3 is 15.8 Å². The molecule has 0 unspecified atom stereocenters. The van der Waals surface area contributed by atoms with Gasteiger partial charge in [0.1, 0.15) is 0 Å². The Bertz CT molecular complexity index is 593. The lowest BCUT2D eigenvalue weighted by Crippen LogP contribution is -2.59. The Morgan fingerprint density at radius 1 is 1.04 bits per heavy atom. The lowest BCUT2D eigenvalue weighted by Gasteiger charge is -2.57. The van der Waals surface area contributed by atoms with E-state index in [4.69, 9.17) is 20.2 Å². The molecule has 6 fully saturated rings.